The minimum absolute atomic E-state index is 0.167. The molecular formula is C15H13NO2. The van der Waals surface area contributed by atoms with Gasteiger partial charge in [0.25, 0.3) is 5.56 Å². The molecule has 1 heterocycles. The fraction of sp³-hybridized carbons (Fsp3) is 0.200. The topological polar surface area (TPSA) is 39.1 Å². The Balaban J connectivity index is 3.02. The molecule has 0 aliphatic heterocycles. The van der Waals surface area contributed by atoms with Gasteiger partial charge >= 0.3 is 0 Å². The lowest BCUT2D eigenvalue weighted by atomic mass is 10.0. The quantitative estimate of drug-likeness (QED) is 0.595. The average molecular weight is 239 g/mol. The van der Waals surface area contributed by atoms with E-state index in [1.807, 2.05) is 24.3 Å². The van der Waals surface area contributed by atoms with Crippen LogP contribution in [0.4, 0.5) is 0 Å². The number of carbonyl (C=O) groups excluding carboxylic acids is 1. The van der Waals surface area contributed by atoms with Gasteiger partial charge in [0.15, 0.2) is 5.78 Å². The second-order valence-corrected chi connectivity index (χ2v) is 4.17. The van der Waals surface area contributed by atoms with Crippen LogP contribution in [0.15, 0.2) is 29.1 Å². The summed E-state index contributed by atoms with van der Waals surface area (Å²) in [5, 5.41) is 0.887. The number of aromatic nitrogens is 1. The largest absolute Gasteiger partial charge is 0.296 e. The summed E-state index contributed by atoms with van der Waals surface area (Å²) >= 11 is 0. The number of pyridine rings is 1. The zero-order valence-corrected chi connectivity index (χ0v) is 10.4. The van der Waals surface area contributed by atoms with Gasteiger partial charge in [-0.3, -0.25) is 14.2 Å². The molecule has 0 aliphatic rings. The van der Waals surface area contributed by atoms with Gasteiger partial charge in [-0.05, 0) is 25.5 Å². The smallest absolute Gasteiger partial charge is 0.263 e. The molecule has 0 N–H and O–H groups in total. The molecule has 1 aromatic heterocycles. The van der Waals surface area contributed by atoms with E-state index >= 15 is 0 Å². The molecule has 0 aliphatic carbocycles. The maximum atomic E-state index is 12.3. The molecule has 0 bridgehead atoms. The number of rotatable bonds is 2. The van der Waals surface area contributed by atoms with E-state index in [4.69, 9.17) is 6.42 Å². The molecule has 0 saturated carbocycles. The molecule has 2 aromatic rings. The van der Waals surface area contributed by atoms with Crippen molar-refractivity contribution in [1.29, 1.82) is 0 Å². The minimum atomic E-state index is -0.309. The maximum Gasteiger partial charge on any atom is 0.263 e. The summed E-state index contributed by atoms with van der Waals surface area (Å²) in [6.45, 7) is 3.36. The zero-order chi connectivity index (χ0) is 13.3. The number of hydrogen-bond acceptors (Lipinski definition) is 2. The van der Waals surface area contributed by atoms with Crippen LogP contribution in [-0.4, -0.2) is 10.4 Å². The van der Waals surface area contributed by atoms with E-state index in [0.29, 0.717) is 0 Å². The van der Waals surface area contributed by atoms with Crippen LogP contribution in [0.1, 0.15) is 22.8 Å². The summed E-state index contributed by atoms with van der Waals surface area (Å²) in [6, 6.07) is 7.46. The van der Waals surface area contributed by atoms with Crippen molar-refractivity contribution in [3.63, 3.8) is 0 Å². The van der Waals surface area contributed by atoms with Crippen molar-refractivity contribution >= 4 is 16.7 Å². The van der Waals surface area contributed by atoms with Crippen LogP contribution in [0.3, 0.4) is 0 Å². The summed E-state index contributed by atoms with van der Waals surface area (Å²) in [5.41, 5.74) is 1.40. The Morgan fingerprint density at radius 2 is 2.06 bits per heavy atom. The third-order valence-electron chi connectivity index (χ3n) is 3.03. The summed E-state index contributed by atoms with van der Waals surface area (Å²) in [6.07, 6.45) is 5.29. The number of terminal acetylenes is 1. The molecule has 3 nitrogen and oxygen atoms in total. The molecule has 2 rings (SSSR count). The van der Waals surface area contributed by atoms with E-state index in [1.54, 1.807) is 6.92 Å². The van der Waals surface area contributed by atoms with Crippen molar-refractivity contribution in [2.24, 2.45) is 0 Å². The number of benzene rings is 1. The average Bonchev–Trinajstić information content (AvgIpc) is 2.34. The van der Waals surface area contributed by atoms with Crippen LogP contribution < -0.4 is 5.56 Å². The number of ketones is 1. The molecule has 3 heteroatoms. The van der Waals surface area contributed by atoms with Crippen molar-refractivity contribution in [3.05, 3.63) is 45.7 Å². The summed E-state index contributed by atoms with van der Waals surface area (Å²) in [5.74, 6) is 2.23. The van der Waals surface area contributed by atoms with Crippen LogP contribution in [0.25, 0.3) is 10.9 Å². The molecule has 0 spiro atoms. The van der Waals surface area contributed by atoms with Crippen LogP contribution >= 0.6 is 0 Å². The molecular weight excluding hydrogens is 226 g/mol. The van der Waals surface area contributed by atoms with Crippen LogP contribution in [0.5, 0.6) is 0 Å². The van der Waals surface area contributed by atoms with Gasteiger partial charge < -0.3 is 0 Å². The molecule has 0 saturated heterocycles. The lowest BCUT2D eigenvalue weighted by molar-refractivity contribution is 0.101. The molecule has 0 radical (unpaired) electrons. The molecule has 0 atom stereocenters. The first-order chi connectivity index (χ1) is 8.57. The highest BCUT2D eigenvalue weighted by molar-refractivity contribution is 6.00. The van der Waals surface area contributed by atoms with Gasteiger partial charge in [-0.1, -0.05) is 24.1 Å². The standard InChI is InChI=1S/C15H13NO2/c1-4-9-16-13-8-6-5-7-12(13)10(2)14(11(3)17)15(16)18/h1,5-8H,9H2,2-3H3. The Bertz CT molecular complexity index is 732. The molecule has 90 valence electrons. The Kier molecular flexibility index (Phi) is 3.03. The highest BCUT2D eigenvalue weighted by Gasteiger charge is 2.16. The van der Waals surface area contributed by atoms with Gasteiger partial charge in [0.2, 0.25) is 0 Å². The fourth-order valence-electron chi connectivity index (χ4n) is 2.23. The van der Waals surface area contributed by atoms with Gasteiger partial charge in [-0.25, -0.2) is 0 Å². The van der Waals surface area contributed by atoms with Crippen molar-refractivity contribution in [2.75, 3.05) is 0 Å². The van der Waals surface area contributed by atoms with E-state index in [1.165, 1.54) is 11.5 Å². The Labute approximate surface area is 105 Å². The van der Waals surface area contributed by atoms with E-state index in [9.17, 15) is 9.59 Å². The molecule has 18 heavy (non-hydrogen) atoms. The number of carbonyl (C=O) groups is 1. The second-order valence-electron chi connectivity index (χ2n) is 4.17. The van der Waals surface area contributed by atoms with Crippen molar-refractivity contribution in [3.8, 4) is 12.3 Å². The molecule has 0 unspecified atom stereocenters. The SMILES string of the molecule is C#CCn1c(=O)c(C(C)=O)c(C)c2ccccc21. The van der Waals surface area contributed by atoms with Gasteiger partial charge in [0.05, 0.1) is 17.6 Å². The summed E-state index contributed by atoms with van der Waals surface area (Å²) in [4.78, 5) is 23.9. The minimum Gasteiger partial charge on any atom is -0.296 e. The lowest BCUT2D eigenvalue weighted by Crippen LogP contribution is -2.27. The molecule has 1 aromatic carbocycles. The lowest BCUT2D eigenvalue weighted by Gasteiger charge is -2.12. The van der Waals surface area contributed by atoms with Crippen molar-refractivity contribution in [1.82, 2.24) is 4.57 Å². The summed E-state index contributed by atoms with van der Waals surface area (Å²) < 4.78 is 1.47. The third-order valence-corrected chi connectivity index (χ3v) is 3.03. The highest BCUT2D eigenvalue weighted by Crippen LogP contribution is 2.19. The predicted molar refractivity (Wildman–Crippen MR) is 71.8 cm³/mol. The highest BCUT2D eigenvalue weighted by atomic mass is 16.1. The number of nitrogens with zero attached hydrogens (tertiary/aromatic N) is 1. The van der Waals surface area contributed by atoms with Crippen LogP contribution in [0, 0.1) is 19.3 Å². The maximum absolute atomic E-state index is 12.3. The third kappa shape index (κ3) is 1.72. The number of fused-ring (bicyclic) bond motifs is 1. The van der Waals surface area contributed by atoms with Gasteiger partial charge in [0.1, 0.15) is 0 Å². The van der Waals surface area contributed by atoms with E-state index in [2.05, 4.69) is 5.92 Å². The first-order valence-corrected chi connectivity index (χ1v) is 5.64. The molecule has 0 amide bonds. The summed E-state index contributed by atoms with van der Waals surface area (Å²) in [7, 11) is 0. The number of aryl methyl sites for hydroxylation is 1. The predicted octanol–water partition coefficient (Wildman–Crippen LogP) is 2.15. The van der Waals surface area contributed by atoms with E-state index in [-0.39, 0.29) is 23.5 Å². The van der Waals surface area contributed by atoms with E-state index in [0.717, 1.165) is 16.5 Å². The van der Waals surface area contributed by atoms with Gasteiger partial charge in [-0.2, -0.15) is 0 Å². The zero-order valence-electron chi connectivity index (χ0n) is 10.4. The Morgan fingerprint density at radius 3 is 2.67 bits per heavy atom. The van der Waals surface area contributed by atoms with E-state index < -0.39 is 0 Å². The number of para-hydroxylation sites is 1. The van der Waals surface area contributed by atoms with Crippen LogP contribution in [-0.2, 0) is 6.54 Å². The van der Waals surface area contributed by atoms with Gasteiger partial charge in [0, 0.05) is 5.39 Å². The normalized spacial score (nSPS) is 10.3. The van der Waals surface area contributed by atoms with Crippen LogP contribution in [0.2, 0.25) is 0 Å². The number of Topliss-reactive ketones (excluding diaryl/α,β-unsaturated/α-hetero) is 1. The van der Waals surface area contributed by atoms with Gasteiger partial charge in [-0.15, -0.1) is 6.42 Å². The molecule has 0 fully saturated rings. The Hall–Kier alpha value is -2.34. The van der Waals surface area contributed by atoms with Crippen molar-refractivity contribution < 1.29 is 4.79 Å². The first-order valence-electron chi connectivity index (χ1n) is 5.64. The second kappa shape index (κ2) is 4.50. The van der Waals surface area contributed by atoms with Crippen molar-refractivity contribution in [2.45, 2.75) is 20.4 Å². The fourth-order valence-corrected chi connectivity index (χ4v) is 2.23. The monoisotopic (exact) mass is 239 g/mol. The Morgan fingerprint density at radius 1 is 1.39 bits per heavy atom. The first kappa shape index (κ1) is 12.1. The number of hydrogen-bond donors (Lipinski definition) is 0.